The van der Waals surface area contributed by atoms with Crippen LogP contribution in [0.15, 0.2) is 39.8 Å². The lowest BCUT2D eigenvalue weighted by molar-refractivity contribution is 1.19. The molecule has 0 atom stereocenters. The first kappa shape index (κ1) is 9.03. The standard InChI is InChI=1S/C10H8BrNS/c1-13-10-5-3-7-2-4-8(11)6-9(7)12-10/h2-6H,1H3. The number of nitrogens with zero attached hydrogens (tertiary/aromatic N) is 1. The SMILES string of the molecule is CSc1ccc2ccc(Br)cc2n1. The monoisotopic (exact) mass is 253 g/mol. The Morgan fingerprint density at radius 1 is 1.23 bits per heavy atom. The molecule has 1 heterocycles. The zero-order valence-corrected chi connectivity index (χ0v) is 9.52. The highest BCUT2D eigenvalue weighted by Crippen LogP contribution is 2.21. The second-order valence-corrected chi connectivity index (χ2v) is 4.43. The average Bonchev–Trinajstić information content (AvgIpc) is 2.16. The van der Waals surface area contributed by atoms with E-state index in [0.717, 1.165) is 15.0 Å². The van der Waals surface area contributed by atoms with Crippen LogP contribution in [0, 0.1) is 0 Å². The third-order valence-corrected chi connectivity index (χ3v) is 2.98. The summed E-state index contributed by atoms with van der Waals surface area (Å²) >= 11 is 5.10. The summed E-state index contributed by atoms with van der Waals surface area (Å²) in [6.07, 6.45) is 2.03. The summed E-state index contributed by atoms with van der Waals surface area (Å²) < 4.78 is 1.07. The number of halogens is 1. The van der Waals surface area contributed by atoms with E-state index in [0.29, 0.717) is 0 Å². The fraction of sp³-hybridized carbons (Fsp3) is 0.100. The molecule has 0 aliphatic heterocycles. The van der Waals surface area contributed by atoms with Crippen molar-refractivity contribution in [1.29, 1.82) is 0 Å². The second-order valence-electron chi connectivity index (χ2n) is 2.69. The first-order valence-electron chi connectivity index (χ1n) is 3.90. The Labute approximate surface area is 89.7 Å². The molecule has 0 saturated carbocycles. The molecule has 0 aliphatic carbocycles. The van der Waals surface area contributed by atoms with Crippen molar-refractivity contribution in [3.63, 3.8) is 0 Å². The van der Waals surface area contributed by atoms with Crippen molar-refractivity contribution in [3.05, 3.63) is 34.8 Å². The van der Waals surface area contributed by atoms with Crippen LogP contribution in [0.4, 0.5) is 0 Å². The Hall–Kier alpha value is -0.540. The van der Waals surface area contributed by atoms with E-state index in [1.807, 2.05) is 24.5 Å². The molecule has 0 radical (unpaired) electrons. The van der Waals surface area contributed by atoms with Crippen LogP contribution in [0.2, 0.25) is 0 Å². The van der Waals surface area contributed by atoms with Crippen LogP contribution in [0.5, 0.6) is 0 Å². The Bertz CT molecular complexity index is 442. The van der Waals surface area contributed by atoms with Gasteiger partial charge in [0, 0.05) is 9.86 Å². The van der Waals surface area contributed by atoms with Gasteiger partial charge in [0.25, 0.3) is 0 Å². The largest absolute Gasteiger partial charge is 0.241 e. The summed E-state index contributed by atoms with van der Waals surface area (Å²) in [5.41, 5.74) is 1.04. The molecule has 1 aromatic carbocycles. The maximum Gasteiger partial charge on any atom is 0.0964 e. The van der Waals surface area contributed by atoms with E-state index in [2.05, 4.69) is 33.0 Å². The van der Waals surface area contributed by atoms with Crippen molar-refractivity contribution in [2.24, 2.45) is 0 Å². The smallest absolute Gasteiger partial charge is 0.0964 e. The summed E-state index contributed by atoms with van der Waals surface area (Å²) in [6.45, 7) is 0. The Morgan fingerprint density at radius 2 is 2.00 bits per heavy atom. The lowest BCUT2D eigenvalue weighted by Gasteiger charge is -1.99. The highest BCUT2D eigenvalue weighted by atomic mass is 79.9. The van der Waals surface area contributed by atoms with Crippen LogP contribution in [-0.2, 0) is 0 Å². The topological polar surface area (TPSA) is 12.9 Å². The van der Waals surface area contributed by atoms with E-state index in [1.54, 1.807) is 11.8 Å². The van der Waals surface area contributed by atoms with Gasteiger partial charge in [0.05, 0.1) is 10.5 Å². The Balaban J connectivity index is 2.68. The van der Waals surface area contributed by atoms with Crippen molar-refractivity contribution < 1.29 is 0 Å². The van der Waals surface area contributed by atoms with E-state index in [4.69, 9.17) is 0 Å². The minimum absolute atomic E-state index is 1.04. The van der Waals surface area contributed by atoms with E-state index in [9.17, 15) is 0 Å². The van der Waals surface area contributed by atoms with Gasteiger partial charge in [-0.05, 0) is 24.5 Å². The summed E-state index contributed by atoms with van der Waals surface area (Å²) in [5.74, 6) is 0. The van der Waals surface area contributed by atoms with Crippen LogP contribution in [0.3, 0.4) is 0 Å². The van der Waals surface area contributed by atoms with Crippen molar-refractivity contribution >= 4 is 38.6 Å². The van der Waals surface area contributed by atoms with Gasteiger partial charge in [-0.1, -0.05) is 28.1 Å². The van der Waals surface area contributed by atoms with Crippen molar-refractivity contribution in [2.45, 2.75) is 5.03 Å². The molecule has 13 heavy (non-hydrogen) atoms. The Kier molecular flexibility index (Phi) is 2.56. The van der Waals surface area contributed by atoms with Crippen molar-refractivity contribution in [1.82, 2.24) is 4.98 Å². The Morgan fingerprint density at radius 3 is 2.77 bits per heavy atom. The number of hydrogen-bond acceptors (Lipinski definition) is 2. The molecule has 1 nitrogen and oxygen atoms in total. The minimum atomic E-state index is 1.04. The maximum absolute atomic E-state index is 4.49. The lowest BCUT2D eigenvalue weighted by Crippen LogP contribution is -1.81. The molecule has 0 aliphatic rings. The van der Waals surface area contributed by atoms with Crippen molar-refractivity contribution in [2.75, 3.05) is 6.26 Å². The molecule has 0 spiro atoms. The number of rotatable bonds is 1. The van der Waals surface area contributed by atoms with Gasteiger partial charge in [-0.3, -0.25) is 0 Å². The van der Waals surface area contributed by atoms with Crippen LogP contribution in [0.25, 0.3) is 10.9 Å². The number of hydrogen-bond donors (Lipinski definition) is 0. The third kappa shape index (κ3) is 1.86. The molecule has 0 saturated heterocycles. The summed E-state index contributed by atoms with van der Waals surface area (Å²) in [4.78, 5) is 4.49. The number of thioether (sulfide) groups is 1. The summed E-state index contributed by atoms with van der Waals surface area (Å²) in [5, 5.41) is 2.24. The molecule has 2 rings (SSSR count). The van der Waals surface area contributed by atoms with Gasteiger partial charge in [0.15, 0.2) is 0 Å². The van der Waals surface area contributed by atoms with E-state index < -0.39 is 0 Å². The molecule has 2 aromatic rings. The molecule has 3 heteroatoms. The molecule has 0 N–H and O–H groups in total. The molecular weight excluding hydrogens is 246 g/mol. The minimum Gasteiger partial charge on any atom is -0.241 e. The summed E-state index contributed by atoms with van der Waals surface area (Å²) in [7, 11) is 0. The van der Waals surface area contributed by atoms with Crippen LogP contribution in [-0.4, -0.2) is 11.2 Å². The predicted octanol–water partition coefficient (Wildman–Crippen LogP) is 3.72. The van der Waals surface area contributed by atoms with Gasteiger partial charge in [-0.15, -0.1) is 11.8 Å². The fourth-order valence-electron chi connectivity index (χ4n) is 1.19. The second kappa shape index (κ2) is 3.68. The molecule has 1 aromatic heterocycles. The van der Waals surface area contributed by atoms with Gasteiger partial charge in [-0.2, -0.15) is 0 Å². The number of benzene rings is 1. The molecular formula is C10H8BrNS. The zero-order chi connectivity index (χ0) is 9.26. The van der Waals surface area contributed by atoms with Crippen LogP contribution < -0.4 is 0 Å². The van der Waals surface area contributed by atoms with E-state index in [-0.39, 0.29) is 0 Å². The molecule has 0 amide bonds. The van der Waals surface area contributed by atoms with Gasteiger partial charge in [-0.25, -0.2) is 4.98 Å². The van der Waals surface area contributed by atoms with Gasteiger partial charge >= 0.3 is 0 Å². The van der Waals surface area contributed by atoms with Crippen LogP contribution >= 0.6 is 27.7 Å². The molecule has 0 bridgehead atoms. The first-order chi connectivity index (χ1) is 6.29. The number of pyridine rings is 1. The zero-order valence-electron chi connectivity index (χ0n) is 7.12. The normalized spacial score (nSPS) is 10.6. The quantitative estimate of drug-likeness (QED) is 0.719. The number of fused-ring (bicyclic) bond motifs is 1. The van der Waals surface area contributed by atoms with E-state index >= 15 is 0 Å². The van der Waals surface area contributed by atoms with Crippen molar-refractivity contribution in [3.8, 4) is 0 Å². The predicted molar refractivity (Wildman–Crippen MR) is 61.2 cm³/mol. The van der Waals surface area contributed by atoms with Gasteiger partial charge < -0.3 is 0 Å². The highest BCUT2D eigenvalue weighted by molar-refractivity contribution is 9.10. The molecule has 0 fully saturated rings. The average molecular weight is 254 g/mol. The number of aromatic nitrogens is 1. The summed E-state index contributed by atoms with van der Waals surface area (Å²) in [6, 6.07) is 10.3. The molecule has 66 valence electrons. The third-order valence-electron chi connectivity index (χ3n) is 1.84. The van der Waals surface area contributed by atoms with Gasteiger partial charge in [0.2, 0.25) is 0 Å². The lowest BCUT2D eigenvalue weighted by atomic mass is 10.2. The maximum atomic E-state index is 4.49. The van der Waals surface area contributed by atoms with E-state index in [1.165, 1.54) is 5.39 Å². The fourth-order valence-corrected chi connectivity index (χ4v) is 1.93. The first-order valence-corrected chi connectivity index (χ1v) is 5.92. The van der Waals surface area contributed by atoms with Gasteiger partial charge in [0.1, 0.15) is 0 Å². The highest BCUT2D eigenvalue weighted by Gasteiger charge is 1.97. The van der Waals surface area contributed by atoms with Crippen LogP contribution in [0.1, 0.15) is 0 Å². The molecule has 0 unspecified atom stereocenters.